The van der Waals surface area contributed by atoms with E-state index in [2.05, 4.69) is 4.74 Å². The molecule has 0 spiro atoms. The summed E-state index contributed by atoms with van der Waals surface area (Å²) in [4.78, 5) is 0. The zero-order valence-corrected chi connectivity index (χ0v) is 13.4. The molecule has 136 valence electrons. The van der Waals surface area contributed by atoms with Crippen molar-refractivity contribution in [1.82, 2.24) is 0 Å². The maximum Gasteiger partial charge on any atom is 0.221 e. The van der Waals surface area contributed by atoms with E-state index in [1.807, 2.05) is 13.8 Å². The number of ether oxygens (including phenoxy) is 2. The van der Waals surface area contributed by atoms with Crippen molar-refractivity contribution in [1.29, 1.82) is 0 Å². The average Bonchev–Trinajstić information content (AvgIpc) is 2.51. The van der Waals surface area contributed by atoms with Crippen LogP contribution in [-0.4, -0.2) is 47.9 Å². The van der Waals surface area contributed by atoms with Crippen LogP contribution in [0.1, 0.15) is 33.6 Å². The summed E-state index contributed by atoms with van der Waals surface area (Å²) in [5.41, 5.74) is 0. The Morgan fingerprint density at radius 3 is 2.22 bits per heavy atom. The van der Waals surface area contributed by atoms with Gasteiger partial charge in [-0.15, -0.1) is 0 Å². The molecule has 2 N–H and O–H groups in total. The Bertz CT molecular complexity index is 405. The zero-order chi connectivity index (χ0) is 17.7. The van der Waals surface area contributed by atoms with Crippen molar-refractivity contribution in [2.24, 2.45) is 11.8 Å². The van der Waals surface area contributed by atoms with Crippen LogP contribution >= 0.6 is 0 Å². The average molecular weight is 344 g/mol. The second kappa shape index (κ2) is 8.84. The van der Waals surface area contributed by atoms with Gasteiger partial charge in [0.25, 0.3) is 0 Å². The van der Waals surface area contributed by atoms with Gasteiger partial charge in [-0.3, -0.25) is 0 Å². The number of hydrogen-bond donors (Lipinski definition) is 2. The van der Waals surface area contributed by atoms with Gasteiger partial charge in [-0.05, 0) is 18.8 Å². The van der Waals surface area contributed by atoms with Gasteiger partial charge in [0.15, 0.2) is 24.4 Å². The summed E-state index contributed by atoms with van der Waals surface area (Å²) in [6.07, 6.45) is -9.48. The third kappa shape index (κ3) is 5.61. The molecule has 0 aliphatic heterocycles. The minimum atomic E-state index is -2.64. The fourth-order valence-electron chi connectivity index (χ4n) is 2.13. The van der Waals surface area contributed by atoms with Crippen molar-refractivity contribution in [3.05, 3.63) is 11.6 Å². The van der Waals surface area contributed by atoms with Crippen molar-refractivity contribution in [2.45, 2.75) is 64.7 Å². The van der Waals surface area contributed by atoms with Crippen molar-refractivity contribution in [3.8, 4) is 0 Å². The monoisotopic (exact) mass is 344 g/mol. The Labute approximate surface area is 133 Å². The van der Waals surface area contributed by atoms with Gasteiger partial charge in [0, 0.05) is 5.92 Å². The summed E-state index contributed by atoms with van der Waals surface area (Å²) in [6.45, 7) is 4.40. The molecule has 0 fully saturated rings. The Morgan fingerprint density at radius 1 is 1.04 bits per heavy atom. The van der Waals surface area contributed by atoms with E-state index in [0.717, 1.165) is 6.92 Å². The van der Waals surface area contributed by atoms with Crippen LogP contribution in [-0.2, 0) is 9.47 Å². The first kappa shape index (κ1) is 20.2. The predicted octanol–water partition coefficient (Wildman–Crippen LogP) is 2.94. The number of allylic oxidation sites excluding steroid dienone is 2. The lowest BCUT2D eigenvalue weighted by molar-refractivity contribution is -0.182. The normalized spacial score (nSPS) is 31.4. The lowest BCUT2D eigenvalue weighted by atomic mass is 9.90. The van der Waals surface area contributed by atoms with Crippen LogP contribution in [0, 0.1) is 11.8 Å². The number of aliphatic hydroxyl groups is 2. The highest BCUT2D eigenvalue weighted by molar-refractivity contribution is 5.18. The summed E-state index contributed by atoms with van der Waals surface area (Å²) in [5, 5.41) is 19.1. The molecule has 23 heavy (non-hydrogen) atoms. The van der Waals surface area contributed by atoms with Crippen molar-refractivity contribution >= 4 is 0 Å². The van der Waals surface area contributed by atoms with Crippen molar-refractivity contribution < 1.29 is 37.2 Å². The van der Waals surface area contributed by atoms with E-state index in [1.54, 1.807) is 0 Å². The van der Waals surface area contributed by atoms with E-state index in [4.69, 9.17) is 4.74 Å². The van der Waals surface area contributed by atoms with Gasteiger partial charge in [0.05, 0.1) is 0 Å². The van der Waals surface area contributed by atoms with Gasteiger partial charge in [0.2, 0.25) is 6.29 Å². The molecule has 4 nitrogen and oxygen atoms in total. The van der Waals surface area contributed by atoms with Crippen LogP contribution < -0.4 is 0 Å². The van der Waals surface area contributed by atoms with Crippen LogP contribution in [0.4, 0.5) is 17.6 Å². The Hall–Kier alpha value is -0.860. The van der Waals surface area contributed by atoms with Crippen molar-refractivity contribution in [2.75, 3.05) is 6.61 Å². The van der Waals surface area contributed by atoms with Crippen LogP contribution in [0.3, 0.4) is 0 Å². The fraction of sp³-hybridized carbons (Fsp3) is 0.867. The molecule has 0 aromatic rings. The quantitative estimate of drug-likeness (QED) is 0.525. The van der Waals surface area contributed by atoms with E-state index in [-0.39, 0.29) is 0 Å². The molecular formula is C15H24F4O4. The molecule has 0 aromatic heterocycles. The number of alkyl halides is 3. The van der Waals surface area contributed by atoms with E-state index in [0.29, 0.717) is 18.8 Å². The molecule has 0 aromatic carbocycles. The first-order valence-corrected chi connectivity index (χ1v) is 7.61. The molecule has 1 rings (SSSR count). The lowest BCUT2D eigenvalue weighted by Crippen LogP contribution is -2.41. The first-order chi connectivity index (χ1) is 10.6. The third-order valence-electron chi connectivity index (χ3n) is 3.63. The molecule has 1 aliphatic carbocycles. The van der Waals surface area contributed by atoms with Crippen LogP contribution in [0.25, 0.3) is 0 Å². The molecule has 0 bridgehead atoms. The van der Waals surface area contributed by atoms with Crippen LogP contribution in [0.2, 0.25) is 0 Å². The maximum atomic E-state index is 13.8. The minimum Gasteiger partial charge on any atom is -0.461 e. The summed E-state index contributed by atoms with van der Waals surface area (Å²) < 4.78 is 63.7. The van der Waals surface area contributed by atoms with E-state index in [1.165, 1.54) is 0 Å². The number of rotatable bonds is 8. The third-order valence-corrected chi connectivity index (χ3v) is 3.63. The predicted molar refractivity (Wildman–Crippen MR) is 75.1 cm³/mol. The molecule has 0 radical (unpaired) electrons. The molecule has 6 unspecified atom stereocenters. The van der Waals surface area contributed by atoms with Crippen LogP contribution in [0.15, 0.2) is 11.6 Å². The SMILES string of the molecule is CC(C)CCC(O)OCC(O)OC1=C(F)C(C)C(F)C(F)C1F. The number of hydrogen-bond acceptors (Lipinski definition) is 4. The topological polar surface area (TPSA) is 58.9 Å². The largest absolute Gasteiger partial charge is 0.461 e. The van der Waals surface area contributed by atoms with Gasteiger partial charge in [-0.25, -0.2) is 17.6 Å². The van der Waals surface area contributed by atoms with Crippen LogP contribution in [0.5, 0.6) is 0 Å². The summed E-state index contributed by atoms with van der Waals surface area (Å²) in [6, 6.07) is 0. The second-order valence-electron chi connectivity index (χ2n) is 6.12. The van der Waals surface area contributed by atoms with Gasteiger partial charge in [-0.2, -0.15) is 0 Å². The lowest BCUT2D eigenvalue weighted by Gasteiger charge is -2.31. The first-order valence-electron chi connectivity index (χ1n) is 7.61. The summed E-state index contributed by atoms with van der Waals surface area (Å²) >= 11 is 0. The smallest absolute Gasteiger partial charge is 0.221 e. The van der Waals surface area contributed by atoms with Gasteiger partial charge >= 0.3 is 0 Å². The summed E-state index contributed by atoms with van der Waals surface area (Å²) in [5.74, 6) is -3.50. The van der Waals surface area contributed by atoms with Gasteiger partial charge in [0.1, 0.15) is 18.6 Å². The number of aliphatic hydroxyl groups excluding tert-OH is 2. The van der Waals surface area contributed by atoms with Crippen molar-refractivity contribution in [3.63, 3.8) is 0 Å². The molecule has 6 atom stereocenters. The summed E-state index contributed by atoms with van der Waals surface area (Å²) in [7, 11) is 0. The van der Waals surface area contributed by atoms with E-state index in [9.17, 15) is 27.8 Å². The molecule has 0 saturated carbocycles. The Balaban J connectivity index is 2.54. The van der Waals surface area contributed by atoms with Gasteiger partial charge in [-0.1, -0.05) is 20.8 Å². The fourth-order valence-corrected chi connectivity index (χ4v) is 2.13. The van der Waals surface area contributed by atoms with E-state index < -0.39 is 55.2 Å². The minimum absolute atomic E-state index is 0.320. The van der Waals surface area contributed by atoms with E-state index >= 15 is 0 Å². The molecular weight excluding hydrogens is 320 g/mol. The molecule has 0 heterocycles. The highest BCUT2D eigenvalue weighted by Crippen LogP contribution is 2.37. The molecule has 0 amide bonds. The maximum absolute atomic E-state index is 13.8. The zero-order valence-electron chi connectivity index (χ0n) is 13.4. The highest BCUT2D eigenvalue weighted by Gasteiger charge is 2.46. The molecule has 1 aliphatic rings. The highest BCUT2D eigenvalue weighted by atomic mass is 19.2. The Kier molecular flexibility index (Phi) is 7.76. The van der Waals surface area contributed by atoms with Gasteiger partial charge < -0.3 is 19.7 Å². The second-order valence-corrected chi connectivity index (χ2v) is 6.12. The molecule has 8 heteroatoms. The Morgan fingerprint density at radius 2 is 1.65 bits per heavy atom. The standard InChI is InChI=1S/C15H24F4O4/c1-7(2)4-5-9(20)22-6-10(21)23-15-12(17)8(3)11(16)13(18)14(15)19/h7-11,13-14,20-21H,4-6H2,1-3H3. The number of halogens is 4. The molecule has 0 saturated heterocycles.